The normalized spacial score (nSPS) is 34.3. The summed E-state index contributed by atoms with van der Waals surface area (Å²) in [6, 6.07) is 1.96. The smallest absolute Gasteiger partial charge is 0.228 e. The number of hydrogen-bond donors (Lipinski definition) is 1. The summed E-state index contributed by atoms with van der Waals surface area (Å²) in [6.07, 6.45) is 8.63. The summed E-state index contributed by atoms with van der Waals surface area (Å²) in [5.74, 6) is 3.10. The van der Waals surface area contributed by atoms with Gasteiger partial charge in [-0.25, -0.2) is 0 Å². The lowest BCUT2D eigenvalue weighted by atomic mass is 9.90. The molecule has 3 aliphatic rings. The molecule has 3 atom stereocenters. The molecule has 2 aliphatic heterocycles. The van der Waals surface area contributed by atoms with E-state index in [-0.39, 0.29) is 0 Å². The summed E-state index contributed by atoms with van der Waals surface area (Å²) < 4.78 is 5.53. The van der Waals surface area contributed by atoms with Crippen molar-refractivity contribution in [1.82, 2.24) is 20.4 Å². The molecule has 1 aromatic rings. The highest BCUT2D eigenvalue weighted by Gasteiger charge is 2.40. The molecule has 0 aromatic carbocycles. The Balaban J connectivity index is 1.42. The molecule has 0 amide bonds. The topological polar surface area (TPSA) is 54.2 Å². The number of hydrogen-bond acceptors (Lipinski definition) is 5. The number of aromatic nitrogens is 2. The first kappa shape index (κ1) is 13.7. The Morgan fingerprint density at radius 2 is 1.95 bits per heavy atom. The highest BCUT2D eigenvalue weighted by molar-refractivity contribution is 5.06. The van der Waals surface area contributed by atoms with Crippen LogP contribution in [-0.2, 0) is 6.42 Å². The van der Waals surface area contributed by atoms with Crippen LogP contribution >= 0.6 is 0 Å². The minimum atomic E-state index is 0.505. The van der Waals surface area contributed by atoms with Crippen LogP contribution < -0.4 is 5.32 Å². The van der Waals surface area contributed by atoms with Crippen LogP contribution in [0.25, 0.3) is 0 Å². The maximum absolute atomic E-state index is 5.53. The molecule has 1 aromatic heterocycles. The molecule has 4 rings (SSSR count). The average Bonchev–Trinajstić information content (AvgIpc) is 3.20. The van der Waals surface area contributed by atoms with Crippen LogP contribution in [0.2, 0.25) is 0 Å². The van der Waals surface area contributed by atoms with Gasteiger partial charge in [0.15, 0.2) is 5.82 Å². The molecule has 3 fully saturated rings. The van der Waals surface area contributed by atoms with E-state index in [1.165, 1.54) is 38.5 Å². The molecular formula is C16H26N4O. The van der Waals surface area contributed by atoms with Crippen LogP contribution in [0, 0.1) is 5.92 Å². The van der Waals surface area contributed by atoms with Gasteiger partial charge in [0.2, 0.25) is 5.89 Å². The van der Waals surface area contributed by atoms with E-state index in [2.05, 4.69) is 22.4 Å². The van der Waals surface area contributed by atoms with Gasteiger partial charge in [-0.05, 0) is 58.5 Å². The zero-order valence-corrected chi connectivity index (χ0v) is 13.1. The Bertz CT molecular complexity index is 484. The van der Waals surface area contributed by atoms with E-state index in [0.29, 0.717) is 12.0 Å². The second-order valence-corrected chi connectivity index (χ2v) is 7.20. The zero-order chi connectivity index (χ0) is 14.4. The van der Waals surface area contributed by atoms with E-state index in [1.54, 1.807) is 0 Å². The van der Waals surface area contributed by atoms with Crippen molar-refractivity contribution in [2.45, 2.75) is 69.0 Å². The van der Waals surface area contributed by atoms with E-state index in [1.807, 2.05) is 7.05 Å². The second-order valence-electron chi connectivity index (χ2n) is 7.20. The fourth-order valence-corrected chi connectivity index (χ4v) is 4.33. The molecule has 2 bridgehead atoms. The van der Waals surface area contributed by atoms with Gasteiger partial charge in [0.25, 0.3) is 0 Å². The van der Waals surface area contributed by atoms with Crippen LogP contribution in [0.1, 0.15) is 56.2 Å². The van der Waals surface area contributed by atoms with Crippen LogP contribution in [0.5, 0.6) is 0 Å². The first-order valence-electron chi connectivity index (χ1n) is 8.46. The Kier molecular flexibility index (Phi) is 3.50. The molecule has 116 valence electrons. The van der Waals surface area contributed by atoms with Crippen LogP contribution in [0.3, 0.4) is 0 Å². The van der Waals surface area contributed by atoms with Gasteiger partial charge in [0.05, 0.1) is 0 Å². The van der Waals surface area contributed by atoms with Crippen molar-refractivity contribution in [2.24, 2.45) is 5.92 Å². The third-order valence-electron chi connectivity index (χ3n) is 5.90. The summed E-state index contributed by atoms with van der Waals surface area (Å²) in [5, 5.41) is 7.69. The maximum Gasteiger partial charge on any atom is 0.228 e. The minimum Gasteiger partial charge on any atom is -0.339 e. The van der Waals surface area contributed by atoms with Gasteiger partial charge in [-0.15, -0.1) is 0 Å². The van der Waals surface area contributed by atoms with Crippen LogP contribution in [0.15, 0.2) is 4.52 Å². The quantitative estimate of drug-likeness (QED) is 0.898. The van der Waals surface area contributed by atoms with Gasteiger partial charge >= 0.3 is 0 Å². The van der Waals surface area contributed by atoms with Gasteiger partial charge in [-0.2, -0.15) is 4.98 Å². The van der Waals surface area contributed by atoms with Crippen molar-refractivity contribution in [3.63, 3.8) is 0 Å². The number of piperidine rings is 1. The number of rotatable bonds is 5. The summed E-state index contributed by atoms with van der Waals surface area (Å²) in [6.45, 7) is 0. The highest BCUT2D eigenvalue weighted by Crippen LogP contribution is 2.41. The van der Waals surface area contributed by atoms with E-state index < -0.39 is 0 Å². The van der Waals surface area contributed by atoms with Crippen molar-refractivity contribution in [2.75, 3.05) is 14.1 Å². The standard InChI is InChI=1S/C16H26N4O/c1-17-14(10-3-4-10)9-15-18-16(19-21-15)11-7-12-5-6-13(8-11)20(12)2/h10-14,17H,3-9H2,1-2H3. The maximum atomic E-state index is 5.53. The lowest BCUT2D eigenvalue weighted by Crippen LogP contribution is -2.39. The van der Waals surface area contributed by atoms with Crippen LogP contribution in [-0.4, -0.2) is 47.3 Å². The molecule has 5 nitrogen and oxygen atoms in total. The third-order valence-corrected chi connectivity index (χ3v) is 5.90. The van der Waals surface area contributed by atoms with E-state index in [4.69, 9.17) is 9.51 Å². The molecule has 1 saturated carbocycles. The summed E-state index contributed by atoms with van der Waals surface area (Å²) in [7, 11) is 4.31. The summed E-state index contributed by atoms with van der Waals surface area (Å²) >= 11 is 0. The Labute approximate surface area is 126 Å². The molecule has 3 unspecified atom stereocenters. The van der Waals surface area contributed by atoms with Gasteiger partial charge in [0, 0.05) is 30.5 Å². The van der Waals surface area contributed by atoms with Gasteiger partial charge in [-0.1, -0.05) is 5.16 Å². The first-order valence-corrected chi connectivity index (χ1v) is 8.46. The molecule has 1 aliphatic carbocycles. The van der Waals surface area contributed by atoms with Crippen molar-refractivity contribution in [3.8, 4) is 0 Å². The molecule has 21 heavy (non-hydrogen) atoms. The third kappa shape index (κ3) is 2.61. The summed E-state index contributed by atoms with van der Waals surface area (Å²) in [5.41, 5.74) is 0. The van der Waals surface area contributed by atoms with Crippen molar-refractivity contribution in [3.05, 3.63) is 11.7 Å². The number of nitrogens with one attached hydrogen (secondary N) is 1. The Hall–Kier alpha value is -0.940. The second kappa shape index (κ2) is 5.36. The van der Waals surface area contributed by atoms with E-state index >= 15 is 0 Å². The number of likely N-dealkylation sites (N-methyl/N-ethyl adjacent to an activating group) is 1. The zero-order valence-electron chi connectivity index (χ0n) is 13.1. The van der Waals surface area contributed by atoms with Gasteiger partial charge < -0.3 is 14.7 Å². The molecule has 1 N–H and O–H groups in total. The lowest BCUT2D eigenvalue weighted by molar-refractivity contribution is 0.157. The Morgan fingerprint density at radius 3 is 2.57 bits per heavy atom. The predicted octanol–water partition coefficient (Wildman–Crippen LogP) is 1.95. The van der Waals surface area contributed by atoms with E-state index in [9.17, 15) is 0 Å². The highest BCUT2D eigenvalue weighted by atomic mass is 16.5. The molecule has 0 radical (unpaired) electrons. The number of nitrogens with zero attached hydrogens (tertiary/aromatic N) is 3. The Morgan fingerprint density at radius 1 is 1.24 bits per heavy atom. The monoisotopic (exact) mass is 290 g/mol. The lowest BCUT2D eigenvalue weighted by Gasteiger charge is -2.34. The van der Waals surface area contributed by atoms with Crippen LogP contribution in [0.4, 0.5) is 0 Å². The fourth-order valence-electron chi connectivity index (χ4n) is 4.33. The van der Waals surface area contributed by atoms with Gasteiger partial charge in [-0.3, -0.25) is 0 Å². The average molecular weight is 290 g/mol. The molecule has 5 heteroatoms. The van der Waals surface area contributed by atoms with Crippen molar-refractivity contribution < 1.29 is 4.52 Å². The van der Waals surface area contributed by atoms with Crippen molar-refractivity contribution >= 4 is 0 Å². The summed E-state index contributed by atoms with van der Waals surface area (Å²) in [4.78, 5) is 7.27. The number of fused-ring (bicyclic) bond motifs is 2. The minimum absolute atomic E-state index is 0.505. The van der Waals surface area contributed by atoms with Gasteiger partial charge in [0.1, 0.15) is 0 Å². The SMILES string of the molecule is CNC(Cc1nc(C2CC3CCC(C2)N3C)no1)C1CC1. The fraction of sp³-hybridized carbons (Fsp3) is 0.875. The molecular weight excluding hydrogens is 264 g/mol. The first-order chi connectivity index (χ1) is 10.2. The predicted molar refractivity (Wildman–Crippen MR) is 80.1 cm³/mol. The van der Waals surface area contributed by atoms with Crippen molar-refractivity contribution in [1.29, 1.82) is 0 Å². The van der Waals surface area contributed by atoms with E-state index in [0.717, 1.165) is 36.1 Å². The largest absolute Gasteiger partial charge is 0.339 e. The molecule has 2 saturated heterocycles. The molecule has 3 heterocycles. The molecule has 0 spiro atoms.